The van der Waals surface area contributed by atoms with E-state index in [0.717, 1.165) is 0 Å². The summed E-state index contributed by atoms with van der Waals surface area (Å²) in [5.74, 6) is 1.30. The molecule has 0 fully saturated rings. The topological polar surface area (TPSA) is 65.2 Å². The number of ether oxygens (including phenoxy) is 1. The second-order valence-electron chi connectivity index (χ2n) is 3.52. The van der Waals surface area contributed by atoms with Gasteiger partial charge >= 0.3 is 0 Å². The molecule has 0 spiro atoms. The molecule has 0 radical (unpaired) electrons. The van der Waals surface area contributed by atoms with Crippen LogP contribution >= 0.6 is 11.6 Å². The number of para-hydroxylation sites is 1. The highest BCUT2D eigenvalue weighted by Gasteiger charge is 2.10. The van der Waals surface area contributed by atoms with Crippen molar-refractivity contribution in [1.82, 2.24) is 10.1 Å². The Morgan fingerprint density at radius 2 is 2.33 bits per heavy atom. The molecule has 2 rings (SSSR count). The normalized spacial score (nSPS) is 10.3. The Labute approximate surface area is 109 Å². The molecule has 5 nitrogen and oxygen atoms in total. The van der Waals surface area contributed by atoms with Crippen LogP contribution in [0.1, 0.15) is 29.0 Å². The number of aryl methyl sites for hydroxylation is 1. The van der Waals surface area contributed by atoms with Gasteiger partial charge in [-0.2, -0.15) is 4.98 Å². The molecule has 1 aromatic heterocycles. The molecule has 2 aromatic rings. The molecule has 0 aliphatic carbocycles. The fourth-order valence-corrected chi connectivity index (χ4v) is 1.64. The van der Waals surface area contributed by atoms with Crippen LogP contribution in [0.25, 0.3) is 0 Å². The molecule has 1 heterocycles. The summed E-state index contributed by atoms with van der Waals surface area (Å²) in [6, 6.07) is 4.96. The number of rotatable bonds is 5. The standard InChI is InChI=1S/C12H11ClN2O3/c1-2-11-14-10(15-18-11)7-17-12-8(6-16)4-3-5-9(12)13/h3-6H,2,7H2,1H3. The highest BCUT2D eigenvalue weighted by atomic mass is 35.5. The Bertz CT molecular complexity index is 554. The summed E-state index contributed by atoms with van der Waals surface area (Å²) in [4.78, 5) is 14.9. The average molecular weight is 267 g/mol. The van der Waals surface area contributed by atoms with Crippen LogP contribution in [0.15, 0.2) is 22.7 Å². The molecule has 0 unspecified atom stereocenters. The molecule has 0 atom stereocenters. The van der Waals surface area contributed by atoms with Crippen LogP contribution in [0.5, 0.6) is 5.75 Å². The van der Waals surface area contributed by atoms with E-state index >= 15 is 0 Å². The molecule has 6 heteroatoms. The number of benzene rings is 1. The van der Waals surface area contributed by atoms with Crippen molar-refractivity contribution in [2.75, 3.05) is 0 Å². The van der Waals surface area contributed by atoms with Gasteiger partial charge in [-0.1, -0.05) is 29.7 Å². The van der Waals surface area contributed by atoms with E-state index in [1.807, 2.05) is 6.92 Å². The third-order valence-corrected chi connectivity index (χ3v) is 2.58. The van der Waals surface area contributed by atoms with E-state index in [0.29, 0.717) is 40.8 Å². The van der Waals surface area contributed by atoms with E-state index in [9.17, 15) is 4.79 Å². The fourth-order valence-electron chi connectivity index (χ4n) is 1.40. The summed E-state index contributed by atoms with van der Waals surface area (Å²) in [5, 5.41) is 4.12. The fraction of sp³-hybridized carbons (Fsp3) is 0.250. The van der Waals surface area contributed by atoms with E-state index in [2.05, 4.69) is 10.1 Å². The Balaban J connectivity index is 2.12. The number of aromatic nitrogens is 2. The van der Waals surface area contributed by atoms with Crippen LogP contribution in [0, 0.1) is 0 Å². The molecule has 1 aromatic carbocycles. The number of hydrogen-bond acceptors (Lipinski definition) is 5. The minimum absolute atomic E-state index is 0.105. The highest BCUT2D eigenvalue weighted by molar-refractivity contribution is 6.32. The van der Waals surface area contributed by atoms with Gasteiger partial charge in [-0.25, -0.2) is 0 Å². The van der Waals surface area contributed by atoms with E-state index < -0.39 is 0 Å². The second kappa shape index (κ2) is 5.64. The van der Waals surface area contributed by atoms with Gasteiger partial charge in [-0.15, -0.1) is 0 Å². The first-order chi connectivity index (χ1) is 8.74. The van der Waals surface area contributed by atoms with E-state index in [1.54, 1.807) is 18.2 Å². The lowest BCUT2D eigenvalue weighted by Gasteiger charge is -2.07. The van der Waals surface area contributed by atoms with Gasteiger partial charge in [-0.3, -0.25) is 4.79 Å². The first kappa shape index (κ1) is 12.6. The smallest absolute Gasteiger partial charge is 0.226 e. The lowest BCUT2D eigenvalue weighted by Crippen LogP contribution is -2.00. The maximum Gasteiger partial charge on any atom is 0.226 e. The number of nitrogens with zero attached hydrogens (tertiary/aromatic N) is 2. The molecule has 0 saturated heterocycles. The van der Waals surface area contributed by atoms with Gasteiger partial charge in [0.25, 0.3) is 0 Å². The Kier molecular flexibility index (Phi) is 3.94. The molecule has 0 N–H and O–H groups in total. The predicted octanol–water partition coefficient (Wildman–Crippen LogP) is 2.68. The Morgan fingerprint density at radius 1 is 1.50 bits per heavy atom. The van der Waals surface area contributed by atoms with Crippen molar-refractivity contribution in [3.63, 3.8) is 0 Å². The maximum atomic E-state index is 10.9. The van der Waals surface area contributed by atoms with Crippen LogP contribution in [0.2, 0.25) is 5.02 Å². The SMILES string of the molecule is CCc1nc(COc2c(Cl)cccc2C=O)no1. The van der Waals surface area contributed by atoms with Crippen molar-refractivity contribution in [1.29, 1.82) is 0 Å². The minimum Gasteiger partial charge on any atom is -0.483 e. The molecule has 0 amide bonds. The molecule has 0 aliphatic heterocycles. The van der Waals surface area contributed by atoms with Crippen molar-refractivity contribution in [3.05, 3.63) is 40.5 Å². The van der Waals surface area contributed by atoms with E-state index in [1.165, 1.54) is 0 Å². The first-order valence-corrected chi connectivity index (χ1v) is 5.80. The number of carbonyl (C=O) groups is 1. The third-order valence-electron chi connectivity index (χ3n) is 2.28. The van der Waals surface area contributed by atoms with Gasteiger partial charge in [0.15, 0.2) is 12.9 Å². The van der Waals surface area contributed by atoms with Gasteiger partial charge < -0.3 is 9.26 Å². The number of hydrogen-bond donors (Lipinski definition) is 0. The van der Waals surface area contributed by atoms with Crippen molar-refractivity contribution in [3.8, 4) is 5.75 Å². The molecule has 0 saturated carbocycles. The number of aldehydes is 1. The largest absolute Gasteiger partial charge is 0.483 e. The van der Waals surface area contributed by atoms with Gasteiger partial charge in [0.05, 0.1) is 10.6 Å². The Hall–Kier alpha value is -1.88. The van der Waals surface area contributed by atoms with E-state index in [4.69, 9.17) is 20.9 Å². The van der Waals surface area contributed by atoms with E-state index in [-0.39, 0.29) is 6.61 Å². The maximum absolute atomic E-state index is 10.9. The average Bonchev–Trinajstić information content (AvgIpc) is 2.85. The van der Waals surface area contributed by atoms with Crippen LogP contribution < -0.4 is 4.74 Å². The van der Waals surface area contributed by atoms with Crippen LogP contribution in [-0.2, 0) is 13.0 Å². The lowest BCUT2D eigenvalue weighted by molar-refractivity contribution is 0.111. The van der Waals surface area contributed by atoms with Crippen LogP contribution in [0.4, 0.5) is 0 Å². The zero-order valence-corrected chi connectivity index (χ0v) is 10.5. The molecule has 0 bridgehead atoms. The summed E-state index contributed by atoms with van der Waals surface area (Å²) >= 11 is 5.96. The number of carbonyl (C=O) groups excluding carboxylic acids is 1. The predicted molar refractivity (Wildman–Crippen MR) is 64.8 cm³/mol. The van der Waals surface area contributed by atoms with Crippen LogP contribution in [0.3, 0.4) is 0 Å². The quantitative estimate of drug-likeness (QED) is 0.779. The summed E-state index contributed by atoms with van der Waals surface area (Å²) in [6.07, 6.45) is 1.35. The number of halogens is 1. The minimum atomic E-state index is 0.105. The molecular formula is C12H11ClN2O3. The van der Waals surface area contributed by atoms with Crippen molar-refractivity contribution < 1.29 is 14.1 Å². The van der Waals surface area contributed by atoms with Gasteiger partial charge in [0.1, 0.15) is 5.75 Å². The zero-order chi connectivity index (χ0) is 13.0. The third kappa shape index (κ3) is 2.68. The summed E-state index contributed by atoms with van der Waals surface area (Å²) < 4.78 is 10.4. The molecular weight excluding hydrogens is 256 g/mol. The second-order valence-corrected chi connectivity index (χ2v) is 3.93. The monoisotopic (exact) mass is 266 g/mol. The molecule has 0 aliphatic rings. The summed E-state index contributed by atoms with van der Waals surface area (Å²) in [5.41, 5.74) is 0.390. The van der Waals surface area contributed by atoms with Gasteiger partial charge in [-0.05, 0) is 12.1 Å². The van der Waals surface area contributed by atoms with Crippen molar-refractivity contribution in [2.24, 2.45) is 0 Å². The summed E-state index contributed by atoms with van der Waals surface area (Å²) in [6.45, 7) is 2.02. The molecule has 18 heavy (non-hydrogen) atoms. The molecule has 94 valence electrons. The lowest BCUT2D eigenvalue weighted by atomic mass is 10.2. The highest BCUT2D eigenvalue weighted by Crippen LogP contribution is 2.28. The first-order valence-electron chi connectivity index (χ1n) is 5.42. The van der Waals surface area contributed by atoms with Gasteiger partial charge in [0.2, 0.25) is 11.7 Å². The van der Waals surface area contributed by atoms with Gasteiger partial charge in [0, 0.05) is 6.42 Å². The summed E-state index contributed by atoms with van der Waals surface area (Å²) in [7, 11) is 0. The van der Waals surface area contributed by atoms with Crippen molar-refractivity contribution >= 4 is 17.9 Å². The Morgan fingerprint density at radius 3 is 3.00 bits per heavy atom. The van der Waals surface area contributed by atoms with Crippen LogP contribution in [-0.4, -0.2) is 16.4 Å². The van der Waals surface area contributed by atoms with Crippen molar-refractivity contribution in [2.45, 2.75) is 20.0 Å². The zero-order valence-electron chi connectivity index (χ0n) is 9.72.